The lowest BCUT2D eigenvalue weighted by Gasteiger charge is -2.37. The zero-order chi connectivity index (χ0) is 11.2. The molecule has 1 heterocycles. The first-order valence-corrected chi connectivity index (χ1v) is 6.98. The zero-order valence-corrected chi connectivity index (χ0v) is 10.6. The van der Waals surface area contributed by atoms with Crippen LogP contribution in [0.15, 0.2) is 0 Å². The number of morpholine rings is 1. The summed E-state index contributed by atoms with van der Waals surface area (Å²) in [5.74, 6) is 0. The van der Waals surface area contributed by atoms with Crippen molar-refractivity contribution in [2.24, 2.45) is 0 Å². The van der Waals surface area contributed by atoms with Gasteiger partial charge >= 0.3 is 0 Å². The molecule has 0 aromatic carbocycles. The molecule has 1 aliphatic heterocycles. The molecule has 0 radical (unpaired) electrons. The zero-order valence-electron chi connectivity index (χ0n) is 10.6. The van der Waals surface area contributed by atoms with Crippen molar-refractivity contribution < 1.29 is 4.74 Å². The molecule has 0 aromatic rings. The molecule has 3 nitrogen and oxygen atoms in total. The summed E-state index contributed by atoms with van der Waals surface area (Å²) in [5, 5.41) is 3.48. The molecule has 0 bridgehead atoms. The topological polar surface area (TPSA) is 24.5 Å². The highest BCUT2D eigenvalue weighted by Gasteiger charge is 2.35. The molecule has 0 spiro atoms. The summed E-state index contributed by atoms with van der Waals surface area (Å²) in [6, 6.07) is 0.736. The smallest absolute Gasteiger partial charge is 0.0730 e. The second-order valence-corrected chi connectivity index (χ2v) is 5.05. The van der Waals surface area contributed by atoms with Crippen molar-refractivity contribution >= 4 is 0 Å². The van der Waals surface area contributed by atoms with Crippen LogP contribution in [-0.4, -0.2) is 49.8 Å². The molecule has 94 valence electrons. The van der Waals surface area contributed by atoms with Gasteiger partial charge in [-0.1, -0.05) is 6.92 Å². The van der Waals surface area contributed by atoms with Crippen LogP contribution in [0.3, 0.4) is 0 Å². The Bertz CT molecular complexity index is 198. The molecule has 1 saturated heterocycles. The van der Waals surface area contributed by atoms with Gasteiger partial charge in [0.05, 0.1) is 12.7 Å². The quantitative estimate of drug-likeness (QED) is 0.697. The van der Waals surface area contributed by atoms with E-state index < -0.39 is 0 Å². The lowest BCUT2D eigenvalue weighted by atomic mass is 10.1. The standard InChI is InChI=1S/C13H26N2O/c1-2-7-14-8-4-9-15-10-11-16-13-6-3-5-12(13)15/h12-14H,2-11H2,1H3. The molecule has 1 aliphatic carbocycles. The third-order valence-electron chi connectivity index (χ3n) is 3.82. The Hall–Kier alpha value is -0.120. The molecular formula is C13H26N2O. The van der Waals surface area contributed by atoms with Gasteiger partial charge in [-0.15, -0.1) is 0 Å². The van der Waals surface area contributed by atoms with Crippen LogP contribution in [0.5, 0.6) is 0 Å². The van der Waals surface area contributed by atoms with Gasteiger partial charge in [-0.25, -0.2) is 0 Å². The molecule has 2 fully saturated rings. The average Bonchev–Trinajstić information content (AvgIpc) is 2.77. The van der Waals surface area contributed by atoms with Crippen LogP contribution in [0, 0.1) is 0 Å². The lowest BCUT2D eigenvalue weighted by Crippen LogP contribution is -2.49. The minimum absolute atomic E-state index is 0.553. The summed E-state index contributed by atoms with van der Waals surface area (Å²) in [5.41, 5.74) is 0. The summed E-state index contributed by atoms with van der Waals surface area (Å²) in [4.78, 5) is 2.66. The van der Waals surface area contributed by atoms with Crippen LogP contribution in [0.1, 0.15) is 39.0 Å². The van der Waals surface area contributed by atoms with E-state index in [1.54, 1.807) is 0 Å². The number of nitrogens with one attached hydrogen (secondary N) is 1. The molecule has 1 N–H and O–H groups in total. The molecule has 0 aromatic heterocycles. The number of ether oxygens (including phenoxy) is 1. The average molecular weight is 226 g/mol. The maximum absolute atomic E-state index is 5.82. The van der Waals surface area contributed by atoms with Gasteiger partial charge in [0.2, 0.25) is 0 Å². The van der Waals surface area contributed by atoms with Crippen molar-refractivity contribution in [2.75, 3.05) is 32.8 Å². The Balaban J connectivity index is 1.64. The molecule has 3 heteroatoms. The number of nitrogens with zero attached hydrogens (tertiary/aromatic N) is 1. The summed E-state index contributed by atoms with van der Waals surface area (Å²) in [6.07, 6.45) is 7.07. The summed E-state index contributed by atoms with van der Waals surface area (Å²) in [6.45, 7) is 7.90. The Morgan fingerprint density at radius 1 is 1.31 bits per heavy atom. The van der Waals surface area contributed by atoms with E-state index in [1.165, 1.54) is 45.2 Å². The fourth-order valence-corrected chi connectivity index (χ4v) is 2.99. The molecule has 2 rings (SSSR count). The van der Waals surface area contributed by atoms with Crippen molar-refractivity contribution in [1.82, 2.24) is 10.2 Å². The molecule has 2 unspecified atom stereocenters. The van der Waals surface area contributed by atoms with Crippen molar-refractivity contribution in [2.45, 2.75) is 51.2 Å². The third-order valence-corrected chi connectivity index (χ3v) is 3.82. The minimum atomic E-state index is 0.553. The molecule has 2 aliphatic rings. The van der Waals surface area contributed by atoms with E-state index in [0.29, 0.717) is 6.10 Å². The SMILES string of the molecule is CCCNCCCN1CCOC2CCCC21. The van der Waals surface area contributed by atoms with E-state index in [2.05, 4.69) is 17.1 Å². The molecule has 2 atom stereocenters. The summed E-state index contributed by atoms with van der Waals surface area (Å²) >= 11 is 0. The van der Waals surface area contributed by atoms with Gasteiger partial charge in [0.15, 0.2) is 0 Å². The Morgan fingerprint density at radius 2 is 2.25 bits per heavy atom. The van der Waals surface area contributed by atoms with E-state index in [9.17, 15) is 0 Å². The number of hydrogen-bond donors (Lipinski definition) is 1. The fourth-order valence-electron chi connectivity index (χ4n) is 2.99. The molecule has 1 saturated carbocycles. The van der Waals surface area contributed by atoms with Crippen molar-refractivity contribution in [3.8, 4) is 0 Å². The minimum Gasteiger partial charge on any atom is -0.375 e. The Morgan fingerprint density at radius 3 is 3.12 bits per heavy atom. The second kappa shape index (κ2) is 6.58. The van der Waals surface area contributed by atoms with Gasteiger partial charge in [0.25, 0.3) is 0 Å². The van der Waals surface area contributed by atoms with Crippen LogP contribution in [0.2, 0.25) is 0 Å². The van der Waals surface area contributed by atoms with E-state index >= 15 is 0 Å². The summed E-state index contributed by atoms with van der Waals surface area (Å²) in [7, 11) is 0. The highest BCUT2D eigenvalue weighted by molar-refractivity contribution is 4.89. The third kappa shape index (κ3) is 3.19. The summed E-state index contributed by atoms with van der Waals surface area (Å²) < 4.78 is 5.82. The predicted molar refractivity (Wildman–Crippen MR) is 66.7 cm³/mol. The highest BCUT2D eigenvalue weighted by atomic mass is 16.5. The van der Waals surface area contributed by atoms with Crippen LogP contribution in [0.25, 0.3) is 0 Å². The van der Waals surface area contributed by atoms with E-state index in [1.807, 2.05) is 0 Å². The van der Waals surface area contributed by atoms with Crippen LogP contribution >= 0.6 is 0 Å². The van der Waals surface area contributed by atoms with Gasteiger partial charge < -0.3 is 10.1 Å². The first-order valence-electron chi connectivity index (χ1n) is 6.98. The lowest BCUT2D eigenvalue weighted by molar-refractivity contribution is -0.0556. The van der Waals surface area contributed by atoms with E-state index in [-0.39, 0.29) is 0 Å². The first kappa shape index (κ1) is 12.3. The van der Waals surface area contributed by atoms with Gasteiger partial charge in [0.1, 0.15) is 0 Å². The molecule has 16 heavy (non-hydrogen) atoms. The van der Waals surface area contributed by atoms with E-state index in [4.69, 9.17) is 4.74 Å². The molecule has 0 amide bonds. The predicted octanol–water partition coefficient (Wildman–Crippen LogP) is 1.63. The van der Waals surface area contributed by atoms with Gasteiger partial charge in [-0.3, -0.25) is 4.90 Å². The number of hydrogen-bond acceptors (Lipinski definition) is 3. The van der Waals surface area contributed by atoms with Gasteiger partial charge in [0, 0.05) is 12.6 Å². The normalized spacial score (nSPS) is 30.6. The number of rotatable bonds is 6. The largest absolute Gasteiger partial charge is 0.375 e. The Kier molecular flexibility index (Phi) is 5.07. The van der Waals surface area contributed by atoms with Crippen molar-refractivity contribution in [3.05, 3.63) is 0 Å². The Labute approximate surface area is 99.5 Å². The van der Waals surface area contributed by atoms with E-state index in [0.717, 1.165) is 25.7 Å². The van der Waals surface area contributed by atoms with Crippen molar-refractivity contribution in [3.63, 3.8) is 0 Å². The van der Waals surface area contributed by atoms with Gasteiger partial charge in [-0.2, -0.15) is 0 Å². The maximum atomic E-state index is 5.82. The number of fused-ring (bicyclic) bond motifs is 1. The van der Waals surface area contributed by atoms with Crippen LogP contribution in [-0.2, 0) is 4.74 Å². The van der Waals surface area contributed by atoms with Crippen LogP contribution < -0.4 is 5.32 Å². The maximum Gasteiger partial charge on any atom is 0.0730 e. The second-order valence-electron chi connectivity index (χ2n) is 5.05. The fraction of sp³-hybridized carbons (Fsp3) is 1.00. The monoisotopic (exact) mass is 226 g/mol. The van der Waals surface area contributed by atoms with Crippen LogP contribution in [0.4, 0.5) is 0 Å². The van der Waals surface area contributed by atoms with Crippen molar-refractivity contribution in [1.29, 1.82) is 0 Å². The highest BCUT2D eigenvalue weighted by Crippen LogP contribution is 2.29. The molecular weight excluding hydrogens is 200 g/mol. The first-order chi connectivity index (χ1) is 7.92. The van der Waals surface area contributed by atoms with Gasteiger partial charge in [-0.05, 0) is 51.7 Å².